The van der Waals surface area contributed by atoms with Crippen LogP contribution in [-0.2, 0) is 0 Å². The van der Waals surface area contributed by atoms with Gasteiger partial charge in [0, 0.05) is 0 Å². The Bertz CT molecular complexity index is 622. The maximum absolute atomic E-state index is 11.2. The fraction of sp³-hybridized carbons (Fsp3) is 0.700. The second-order valence-electron chi connectivity index (χ2n) is 8.41. The number of methoxy groups -OCH3 is 2. The van der Waals surface area contributed by atoms with Gasteiger partial charge in [-0.2, -0.15) is 0 Å². The maximum Gasteiger partial charge on any atom is 0.240 e. The minimum Gasteiger partial charge on any atom is -0.493 e. The molecule has 0 radical (unpaired) electrons. The normalized spacial score (nSPS) is 41.8. The highest BCUT2D eigenvalue weighted by molar-refractivity contribution is 5.43. The number of piperidine rings is 2. The van der Waals surface area contributed by atoms with Crippen molar-refractivity contribution in [1.82, 2.24) is 0 Å². The van der Waals surface area contributed by atoms with Gasteiger partial charge in [0.1, 0.15) is 0 Å². The molecule has 4 fully saturated rings. The van der Waals surface area contributed by atoms with E-state index in [2.05, 4.69) is 26.0 Å². The van der Waals surface area contributed by atoms with Crippen LogP contribution in [0, 0.1) is 10.8 Å². The lowest BCUT2D eigenvalue weighted by Gasteiger charge is -2.64. The molecule has 4 aliphatic heterocycles. The summed E-state index contributed by atoms with van der Waals surface area (Å²) in [5, 5.41) is 11.2. The third-order valence-electron chi connectivity index (χ3n) is 7.44. The molecule has 0 atom stereocenters. The average molecular weight is 348 g/mol. The van der Waals surface area contributed by atoms with Crippen LogP contribution in [0.4, 0.5) is 0 Å². The molecule has 1 aromatic carbocycles. The van der Waals surface area contributed by atoms with Crippen LogP contribution in [0.15, 0.2) is 18.2 Å². The number of hydrogen-bond donors (Lipinski definition) is 3. The van der Waals surface area contributed by atoms with Gasteiger partial charge in [-0.1, -0.05) is 13.8 Å². The van der Waals surface area contributed by atoms with Crippen LogP contribution in [0.3, 0.4) is 0 Å². The summed E-state index contributed by atoms with van der Waals surface area (Å²) in [5.41, 5.74) is 1.50. The molecule has 0 amide bonds. The van der Waals surface area contributed by atoms with Crippen LogP contribution >= 0.6 is 0 Å². The Kier molecular flexibility index (Phi) is 4.02. The average Bonchev–Trinajstić information content (AvgIpc) is 2.64. The molecule has 138 valence electrons. The van der Waals surface area contributed by atoms with Crippen molar-refractivity contribution >= 4 is 0 Å². The second-order valence-corrected chi connectivity index (χ2v) is 8.41. The predicted octanol–water partition coefficient (Wildman–Crippen LogP) is -0.333. The standard InChI is InChI=1S/C20H30N2O3/c1-5-19-10-21-12-20(6-2,18(19)23)13-22(11-19)17(21)14-7-8-15(24-3)16(9-14)25-4/h7-9,17-18,23H,5-6,10-13H2,1-4H3/p+2. The smallest absolute Gasteiger partial charge is 0.240 e. The third kappa shape index (κ3) is 2.25. The van der Waals surface area contributed by atoms with E-state index >= 15 is 0 Å². The first-order valence-corrected chi connectivity index (χ1v) is 9.61. The predicted molar refractivity (Wildman–Crippen MR) is 95.1 cm³/mol. The molecule has 0 unspecified atom stereocenters. The Morgan fingerprint density at radius 1 is 0.960 bits per heavy atom. The van der Waals surface area contributed by atoms with Gasteiger partial charge in [0.2, 0.25) is 6.17 Å². The summed E-state index contributed by atoms with van der Waals surface area (Å²) >= 11 is 0. The topological polar surface area (TPSA) is 47.6 Å². The summed E-state index contributed by atoms with van der Waals surface area (Å²) in [6.07, 6.45) is 2.43. The van der Waals surface area contributed by atoms with Crippen LogP contribution in [0.1, 0.15) is 38.4 Å². The van der Waals surface area contributed by atoms with Crippen LogP contribution in [0.25, 0.3) is 0 Å². The maximum atomic E-state index is 11.2. The number of aliphatic hydroxyl groups is 1. The number of rotatable bonds is 5. The Morgan fingerprint density at radius 2 is 1.48 bits per heavy atom. The molecule has 5 rings (SSSR count). The summed E-state index contributed by atoms with van der Waals surface area (Å²) in [6.45, 7) is 8.83. The molecular weight excluding hydrogens is 316 g/mol. The first-order valence-electron chi connectivity index (χ1n) is 9.61. The fourth-order valence-corrected chi connectivity index (χ4v) is 6.18. The number of hydrogen-bond acceptors (Lipinski definition) is 3. The number of aliphatic hydroxyl groups excluding tert-OH is 1. The molecule has 0 saturated carbocycles. The molecule has 4 saturated heterocycles. The number of benzene rings is 1. The Hall–Kier alpha value is -1.30. The van der Waals surface area contributed by atoms with E-state index in [1.165, 1.54) is 5.56 Å². The van der Waals surface area contributed by atoms with E-state index in [1.807, 2.05) is 6.07 Å². The highest BCUT2D eigenvalue weighted by Crippen LogP contribution is 2.44. The van der Waals surface area contributed by atoms with E-state index in [9.17, 15) is 5.11 Å². The molecule has 25 heavy (non-hydrogen) atoms. The van der Waals surface area contributed by atoms with Gasteiger partial charge in [-0.05, 0) is 31.0 Å². The number of ether oxygens (including phenoxy) is 2. The lowest BCUT2D eigenvalue weighted by molar-refractivity contribution is -1.19. The van der Waals surface area contributed by atoms with Crippen molar-refractivity contribution < 1.29 is 24.4 Å². The van der Waals surface area contributed by atoms with Gasteiger partial charge in [0.15, 0.2) is 11.5 Å². The van der Waals surface area contributed by atoms with E-state index in [4.69, 9.17) is 9.47 Å². The zero-order chi connectivity index (χ0) is 17.8. The van der Waals surface area contributed by atoms with Crippen molar-refractivity contribution in [1.29, 1.82) is 0 Å². The van der Waals surface area contributed by atoms with Crippen LogP contribution in [0.5, 0.6) is 11.5 Å². The molecular formula is C20H32N2O3+2. The van der Waals surface area contributed by atoms with E-state index in [0.717, 1.165) is 50.5 Å². The van der Waals surface area contributed by atoms with Gasteiger partial charge in [-0.25, -0.2) is 0 Å². The Morgan fingerprint density at radius 3 is 1.92 bits per heavy atom. The Balaban J connectivity index is 1.72. The third-order valence-corrected chi connectivity index (χ3v) is 7.44. The van der Waals surface area contributed by atoms with Crippen LogP contribution in [0.2, 0.25) is 0 Å². The molecule has 5 nitrogen and oxygen atoms in total. The van der Waals surface area contributed by atoms with Crippen molar-refractivity contribution in [2.45, 2.75) is 39.0 Å². The summed E-state index contributed by atoms with van der Waals surface area (Å²) < 4.78 is 10.9. The monoisotopic (exact) mass is 348 g/mol. The summed E-state index contributed by atoms with van der Waals surface area (Å²) in [5.74, 6) is 1.60. The van der Waals surface area contributed by atoms with Crippen molar-refractivity contribution in [2.75, 3.05) is 40.4 Å². The first-order chi connectivity index (χ1) is 12.0. The minimum atomic E-state index is -0.145. The second kappa shape index (κ2) is 5.86. The van der Waals surface area contributed by atoms with Gasteiger partial charge in [0.25, 0.3) is 0 Å². The van der Waals surface area contributed by atoms with Gasteiger partial charge < -0.3 is 14.6 Å². The quantitative estimate of drug-likeness (QED) is 0.683. The summed E-state index contributed by atoms with van der Waals surface area (Å²) in [7, 11) is 3.38. The van der Waals surface area contributed by atoms with E-state index in [1.54, 1.807) is 24.0 Å². The van der Waals surface area contributed by atoms with Crippen molar-refractivity contribution in [3.63, 3.8) is 0 Å². The van der Waals surface area contributed by atoms with Gasteiger partial charge in [-0.3, -0.25) is 9.80 Å². The lowest BCUT2D eigenvalue weighted by atomic mass is 9.57. The summed E-state index contributed by atoms with van der Waals surface area (Å²) in [4.78, 5) is 3.27. The highest BCUT2D eigenvalue weighted by Gasteiger charge is 2.69. The fourth-order valence-electron chi connectivity index (χ4n) is 6.18. The van der Waals surface area contributed by atoms with E-state index < -0.39 is 0 Å². The van der Waals surface area contributed by atoms with Crippen molar-refractivity contribution in [2.24, 2.45) is 10.8 Å². The van der Waals surface area contributed by atoms with Gasteiger partial charge >= 0.3 is 0 Å². The molecule has 4 aliphatic rings. The Labute approximate surface area is 150 Å². The minimum absolute atomic E-state index is 0.0875. The molecule has 5 heteroatoms. The SMILES string of the molecule is CCC12C[NH+]3CC(CC)(C[NH+](C1)C3c1ccc(OC)c(OC)c1)C2O. The largest absolute Gasteiger partial charge is 0.493 e. The number of quaternary nitrogens is 2. The van der Waals surface area contributed by atoms with Crippen molar-refractivity contribution in [3.8, 4) is 11.5 Å². The highest BCUT2D eigenvalue weighted by atomic mass is 16.5. The molecule has 0 aromatic heterocycles. The molecule has 3 N–H and O–H groups in total. The van der Waals surface area contributed by atoms with Gasteiger partial charge in [0.05, 0.1) is 62.9 Å². The molecule has 4 bridgehead atoms. The first kappa shape index (κ1) is 17.1. The molecule has 4 heterocycles. The lowest BCUT2D eigenvalue weighted by Crippen LogP contribution is -3.41. The summed E-state index contributed by atoms with van der Waals surface area (Å²) in [6, 6.07) is 6.38. The van der Waals surface area contributed by atoms with Crippen LogP contribution in [-0.4, -0.2) is 51.6 Å². The van der Waals surface area contributed by atoms with Crippen LogP contribution < -0.4 is 19.3 Å². The van der Waals surface area contributed by atoms with Crippen molar-refractivity contribution in [3.05, 3.63) is 23.8 Å². The van der Waals surface area contributed by atoms with E-state index in [0.29, 0.717) is 6.17 Å². The van der Waals surface area contributed by atoms with Gasteiger partial charge in [-0.15, -0.1) is 0 Å². The molecule has 0 aliphatic carbocycles. The zero-order valence-corrected chi connectivity index (χ0v) is 15.9. The number of nitrogens with one attached hydrogen (secondary N) is 2. The van der Waals surface area contributed by atoms with E-state index in [-0.39, 0.29) is 16.9 Å². The zero-order valence-electron chi connectivity index (χ0n) is 15.9. The molecule has 1 aromatic rings. The molecule has 0 spiro atoms.